The molecule has 0 aliphatic carbocycles. The highest BCUT2D eigenvalue weighted by molar-refractivity contribution is 8.13. The number of carbonyl (C=O) groups excluding carboxylic acids is 1. The highest BCUT2D eigenvalue weighted by Gasteiger charge is 2.17. The number of aryl methyl sites for hydroxylation is 1. The first-order valence-electron chi connectivity index (χ1n) is 6.78. The lowest BCUT2D eigenvalue weighted by molar-refractivity contribution is 0.0950. The Labute approximate surface area is 129 Å². The van der Waals surface area contributed by atoms with Gasteiger partial charge in [0.15, 0.2) is 0 Å². The van der Waals surface area contributed by atoms with Crippen LogP contribution in [0.2, 0.25) is 0 Å². The number of carbonyl (C=O) groups is 1. The number of halogens is 1. The minimum atomic E-state index is -3.84. The number of hydrogen-bond acceptors (Lipinski definition) is 4. The summed E-state index contributed by atoms with van der Waals surface area (Å²) in [5, 5.41) is 2.80. The number of hydrogen-bond donors (Lipinski definition) is 1. The van der Waals surface area contributed by atoms with E-state index in [1.807, 2.05) is 0 Å². The molecule has 7 heteroatoms. The average molecular weight is 332 g/mol. The van der Waals surface area contributed by atoms with E-state index in [2.05, 4.69) is 5.32 Å². The number of nitrogens with one attached hydrogen (secondary N) is 1. The summed E-state index contributed by atoms with van der Waals surface area (Å²) < 4.78 is 28.0. The highest BCUT2D eigenvalue weighted by atomic mass is 35.7. The van der Waals surface area contributed by atoms with Crippen LogP contribution in [0.1, 0.15) is 28.8 Å². The van der Waals surface area contributed by atoms with Crippen molar-refractivity contribution in [3.8, 4) is 0 Å². The Balaban J connectivity index is 2.00. The van der Waals surface area contributed by atoms with Crippen LogP contribution in [-0.4, -0.2) is 34.1 Å². The Morgan fingerprint density at radius 3 is 2.81 bits per heavy atom. The van der Waals surface area contributed by atoms with Crippen LogP contribution in [-0.2, 0) is 13.8 Å². The van der Waals surface area contributed by atoms with Gasteiger partial charge in [0, 0.05) is 36.0 Å². The van der Waals surface area contributed by atoms with Crippen LogP contribution >= 0.6 is 10.7 Å². The standard InChI is InChI=1S/C14H18ClNO4S/c1-10-6-12(8-13(7-10)21(15,18)19)14(17)16-4-2-11-3-5-20-9-11/h6-8,11H,2-5,9H2,1H3,(H,16,17). The normalized spacial score (nSPS) is 18.7. The van der Waals surface area contributed by atoms with Crippen LogP contribution < -0.4 is 5.32 Å². The molecule has 1 amide bonds. The van der Waals surface area contributed by atoms with E-state index in [1.54, 1.807) is 13.0 Å². The first-order valence-corrected chi connectivity index (χ1v) is 9.09. The topological polar surface area (TPSA) is 72.5 Å². The van der Waals surface area contributed by atoms with Crippen molar-refractivity contribution in [2.45, 2.75) is 24.7 Å². The van der Waals surface area contributed by atoms with E-state index in [1.165, 1.54) is 12.1 Å². The molecule has 0 bridgehead atoms. The van der Waals surface area contributed by atoms with Gasteiger partial charge in [0.05, 0.1) is 4.90 Å². The predicted molar refractivity (Wildman–Crippen MR) is 80.1 cm³/mol. The number of ether oxygens (including phenoxy) is 1. The van der Waals surface area contributed by atoms with Gasteiger partial charge in [0.1, 0.15) is 0 Å². The molecule has 1 saturated heterocycles. The third-order valence-electron chi connectivity index (χ3n) is 3.46. The van der Waals surface area contributed by atoms with Crippen molar-refractivity contribution in [2.24, 2.45) is 5.92 Å². The molecule has 1 N–H and O–H groups in total. The third kappa shape index (κ3) is 4.69. The molecule has 1 aromatic rings. The van der Waals surface area contributed by atoms with Gasteiger partial charge < -0.3 is 10.1 Å². The van der Waals surface area contributed by atoms with E-state index < -0.39 is 9.05 Å². The second kappa shape index (κ2) is 6.77. The largest absolute Gasteiger partial charge is 0.381 e. The molecule has 0 radical (unpaired) electrons. The van der Waals surface area contributed by atoms with Gasteiger partial charge in [0.2, 0.25) is 0 Å². The van der Waals surface area contributed by atoms with Crippen LogP contribution in [0.5, 0.6) is 0 Å². The van der Waals surface area contributed by atoms with E-state index in [-0.39, 0.29) is 10.8 Å². The van der Waals surface area contributed by atoms with Gasteiger partial charge in [-0.25, -0.2) is 8.42 Å². The van der Waals surface area contributed by atoms with Gasteiger partial charge in [-0.3, -0.25) is 4.79 Å². The molecule has 0 spiro atoms. The van der Waals surface area contributed by atoms with Crippen molar-refractivity contribution < 1.29 is 17.9 Å². The Morgan fingerprint density at radius 1 is 1.43 bits per heavy atom. The summed E-state index contributed by atoms with van der Waals surface area (Å²) >= 11 is 0. The van der Waals surface area contributed by atoms with Gasteiger partial charge in [-0.2, -0.15) is 0 Å². The van der Waals surface area contributed by atoms with Gasteiger partial charge in [0.25, 0.3) is 15.0 Å². The van der Waals surface area contributed by atoms with E-state index in [0.717, 1.165) is 26.1 Å². The van der Waals surface area contributed by atoms with Gasteiger partial charge in [-0.15, -0.1) is 0 Å². The van der Waals surface area contributed by atoms with E-state index in [9.17, 15) is 13.2 Å². The van der Waals surface area contributed by atoms with Crippen molar-refractivity contribution in [1.29, 1.82) is 0 Å². The summed E-state index contributed by atoms with van der Waals surface area (Å²) in [4.78, 5) is 12.0. The van der Waals surface area contributed by atoms with Crippen molar-refractivity contribution >= 4 is 25.6 Å². The van der Waals surface area contributed by atoms with E-state index >= 15 is 0 Å². The average Bonchev–Trinajstić information content (AvgIpc) is 2.90. The zero-order valence-electron chi connectivity index (χ0n) is 11.8. The van der Waals surface area contributed by atoms with Gasteiger partial charge >= 0.3 is 0 Å². The molecule has 1 aliphatic rings. The minimum absolute atomic E-state index is 0.0569. The zero-order valence-corrected chi connectivity index (χ0v) is 13.3. The summed E-state index contributed by atoms with van der Waals surface area (Å²) in [5.41, 5.74) is 0.975. The van der Waals surface area contributed by atoms with E-state index in [4.69, 9.17) is 15.4 Å². The lowest BCUT2D eigenvalue weighted by atomic mass is 10.1. The molecule has 1 atom stereocenters. The van der Waals surface area contributed by atoms with Crippen LogP contribution in [0.4, 0.5) is 0 Å². The Bertz CT molecular complexity index is 624. The smallest absolute Gasteiger partial charge is 0.261 e. The fraction of sp³-hybridized carbons (Fsp3) is 0.500. The fourth-order valence-electron chi connectivity index (χ4n) is 2.32. The molecular weight excluding hydrogens is 314 g/mol. The van der Waals surface area contributed by atoms with E-state index in [0.29, 0.717) is 23.6 Å². The summed E-state index contributed by atoms with van der Waals surface area (Å²) in [6.45, 7) is 3.80. The Morgan fingerprint density at radius 2 is 2.19 bits per heavy atom. The molecule has 5 nitrogen and oxygen atoms in total. The molecule has 21 heavy (non-hydrogen) atoms. The van der Waals surface area contributed by atoms with Gasteiger partial charge in [-0.1, -0.05) is 0 Å². The van der Waals surface area contributed by atoms with Crippen molar-refractivity contribution in [1.82, 2.24) is 5.32 Å². The Kier molecular flexibility index (Phi) is 5.24. The van der Waals surface area contributed by atoms with Gasteiger partial charge in [-0.05, 0) is 49.4 Å². The Hall–Kier alpha value is -1.11. The lowest BCUT2D eigenvalue weighted by Gasteiger charge is -2.10. The molecule has 1 heterocycles. The molecular formula is C14H18ClNO4S. The molecule has 2 rings (SSSR count). The van der Waals surface area contributed by atoms with Crippen LogP contribution in [0.25, 0.3) is 0 Å². The van der Waals surface area contributed by atoms with Crippen molar-refractivity contribution in [2.75, 3.05) is 19.8 Å². The monoisotopic (exact) mass is 331 g/mol. The fourth-order valence-corrected chi connectivity index (χ4v) is 3.18. The number of benzene rings is 1. The van der Waals surface area contributed by atoms with Crippen LogP contribution in [0.3, 0.4) is 0 Å². The summed E-state index contributed by atoms with van der Waals surface area (Å²) in [6.07, 6.45) is 1.88. The predicted octanol–water partition coefficient (Wildman–Crippen LogP) is 2.08. The van der Waals surface area contributed by atoms with Crippen molar-refractivity contribution in [3.05, 3.63) is 29.3 Å². The summed E-state index contributed by atoms with van der Waals surface area (Å²) in [5.74, 6) is 0.195. The number of rotatable bonds is 5. The molecule has 1 aliphatic heterocycles. The quantitative estimate of drug-likeness (QED) is 0.838. The maximum absolute atomic E-state index is 12.1. The summed E-state index contributed by atoms with van der Waals surface area (Å²) in [7, 11) is 1.49. The SMILES string of the molecule is Cc1cc(C(=O)NCCC2CCOC2)cc(S(=O)(=O)Cl)c1. The first kappa shape index (κ1) is 16.3. The maximum atomic E-state index is 12.1. The molecule has 0 saturated carbocycles. The lowest BCUT2D eigenvalue weighted by Crippen LogP contribution is -2.26. The highest BCUT2D eigenvalue weighted by Crippen LogP contribution is 2.19. The second-order valence-electron chi connectivity index (χ2n) is 5.25. The molecule has 1 fully saturated rings. The minimum Gasteiger partial charge on any atom is -0.381 e. The second-order valence-corrected chi connectivity index (χ2v) is 7.81. The maximum Gasteiger partial charge on any atom is 0.261 e. The van der Waals surface area contributed by atoms with Crippen molar-refractivity contribution in [3.63, 3.8) is 0 Å². The molecule has 0 aromatic heterocycles. The van der Waals surface area contributed by atoms with Crippen LogP contribution in [0, 0.1) is 12.8 Å². The molecule has 1 aromatic carbocycles. The molecule has 1 unspecified atom stereocenters. The number of amides is 1. The first-order chi connectivity index (χ1) is 9.86. The summed E-state index contributed by atoms with van der Waals surface area (Å²) in [6, 6.07) is 4.37. The molecule has 116 valence electrons. The zero-order chi connectivity index (χ0) is 15.5. The third-order valence-corrected chi connectivity index (χ3v) is 4.79. The van der Waals surface area contributed by atoms with Crippen LogP contribution in [0.15, 0.2) is 23.1 Å².